The largest absolute Gasteiger partial charge is 0.312 e. The quantitative estimate of drug-likeness (QED) is 0.838. The molecule has 0 aliphatic carbocycles. The Bertz CT molecular complexity index is 300. The molecule has 4 heteroatoms. The van der Waals surface area contributed by atoms with E-state index in [9.17, 15) is 0 Å². The molecule has 2 nitrogen and oxygen atoms in total. The SMILES string of the molecule is C[C@@H]1CN(Cc2cc(Cl)cs2)CCN1. The number of halogens is 1. The summed E-state index contributed by atoms with van der Waals surface area (Å²) >= 11 is 7.64. The van der Waals surface area contributed by atoms with E-state index in [-0.39, 0.29) is 0 Å². The van der Waals surface area contributed by atoms with Crippen LogP contribution in [0.3, 0.4) is 0 Å². The minimum atomic E-state index is 0.610. The lowest BCUT2D eigenvalue weighted by Gasteiger charge is -2.31. The molecule has 78 valence electrons. The summed E-state index contributed by atoms with van der Waals surface area (Å²) in [6, 6.07) is 2.68. The lowest BCUT2D eigenvalue weighted by Crippen LogP contribution is -2.48. The van der Waals surface area contributed by atoms with Gasteiger partial charge in [0.05, 0.1) is 5.02 Å². The van der Waals surface area contributed by atoms with Crippen LogP contribution in [0.1, 0.15) is 11.8 Å². The van der Waals surface area contributed by atoms with Gasteiger partial charge in [0.1, 0.15) is 0 Å². The van der Waals surface area contributed by atoms with Gasteiger partial charge in [-0.05, 0) is 13.0 Å². The molecule has 0 radical (unpaired) electrons. The molecule has 1 fully saturated rings. The van der Waals surface area contributed by atoms with Crippen molar-refractivity contribution in [3.8, 4) is 0 Å². The highest BCUT2D eigenvalue weighted by Crippen LogP contribution is 2.20. The van der Waals surface area contributed by atoms with Crippen LogP contribution >= 0.6 is 22.9 Å². The molecule has 2 rings (SSSR count). The van der Waals surface area contributed by atoms with Crippen molar-refractivity contribution in [2.75, 3.05) is 19.6 Å². The lowest BCUT2D eigenvalue weighted by molar-refractivity contribution is 0.201. The fourth-order valence-electron chi connectivity index (χ4n) is 1.81. The van der Waals surface area contributed by atoms with E-state index in [1.54, 1.807) is 11.3 Å². The average molecular weight is 231 g/mol. The Kier molecular flexibility index (Phi) is 3.44. The summed E-state index contributed by atoms with van der Waals surface area (Å²) in [4.78, 5) is 3.84. The summed E-state index contributed by atoms with van der Waals surface area (Å²) in [7, 11) is 0. The summed E-state index contributed by atoms with van der Waals surface area (Å²) in [5, 5.41) is 6.31. The van der Waals surface area contributed by atoms with Crippen molar-refractivity contribution in [2.45, 2.75) is 19.5 Å². The Morgan fingerprint density at radius 2 is 2.57 bits per heavy atom. The molecule has 0 bridgehead atoms. The summed E-state index contributed by atoms with van der Waals surface area (Å²) < 4.78 is 0. The topological polar surface area (TPSA) is 15.3 Å². The van der Waals surface area contributed by atoms with E-state index in [4.69, 9.17) is 11.6 Å². The molecule has 1 aliphatic heterocycles. The second kappa shape index (κ2) is 4.62. The first-order valence-corrected chi connectivity index (χ1v) is 6.18. The van der Waals surface area contributed by atoms with E-state index < -0.39 is 0 Å². The molecule has 0 amide bonds. The zero-order chi connectivity index (χ0) is 9.97. The van der Waals surface area contributed by atoms with Gasteiger partial charge in [0.25, 0.3) is 0 Å². The van der Waals surface area contributed by atoms with Crippen LogP contribution in [0.2, 0.25) is 5.02 Å². The minimum absolute atomic E-state index is 0.610. The second-order valence-corrected chi connectivity index (χ2v) is 5.25. The van der Waals surface area contributed by atoms with E-state index in [1.807, 2.05) is 5.38 Å². The van der Waals surface area contributed by atoms with Gasteiger partial charge in [-0.1, -0.05) is 11.6 Å². The summed E-state index contributed by atoms with van der Waals surface area (Å²) in [5.74, 6) is 0. The predicted molar refractivity (Wildman–Crippen MR) is 62.1 cm³/mol. The van der Waals surface area contributed by atoms with Crippen LogP contribution in [0.25, 0.3) is 0 Å². The molecule has 1 aromatic rings. The molecule has 0 aromatic carbocycles. The number of nitrogens with zero attached hydrogens (tertiary/aromatic N) is 1. The van der Waals surface area contributed by atoms with E-state index in [2.05, 4.69) is 23.2 Å². The lowest BCUT2D eigenvalue weighted by atomic mass is 10.2. The molecule has 1 saturated heterocycles. The van der Waals surface area contributed by atoms with Crippen LogP contribution in [-0.4, -0.2) is 30.6 Å². The second-order valence-electron chi connectivity index (χ2n) is 3.82. The first kappa shape index (κ1) is 10.4. The molecule has 1 N–H and O–H groups in total. The van der Waals surface area contributed by atoms with Gasteiger partial charge in [-0.25, -0.2) is 0 Å². The van der Waals surface area contributed by atoms with Gasteiger partial charge in [-0.3, -0.25) is 4.90 Å². The van der Waals surface area contributed by atoms with Crippen molar-refractivity contribution in [1.82, 2.24) is 10.2 Å². The third kappa shape index (κ3) is 2.70. The van der Waals surface area contributed by atoms with Gasteiger partial charge in [-0.15, -0.1) is 11.3 Å². The Labute approximate surface area is 93.9 Å². The van der Waals surface area contributed by atoms with E-state index in [0.29, 0.717) is 6.04 Å². The van der Waals surface area contributed by atoms with Gasteiger partial charge < -0.3 is 5.32 Å². The van der Waals surface area contributed by atoms with E-state index in [0.717, 1.165) is 31.2 Å². The fraction of sp³-hybridized carbons (Fsp3) is 0.600. The number of thiophene rings is 1. The first-order chi connectivity index (χ1) is 6.74. The fourth-order valence-corrected chi connectivity index (χ4v) is 2.93. The van der Waals surface area contributed by atoms with E-state index in [1.165, 1.54) is 4.88 Å². The highest BCUT2D eigenvalue weighted by atomic mass is 35.5. The molecule has 1 atom stereocenters. The maximum absolute atomic E-state index is 5.89. The zero-order valence-corrected chi connectivity index (χ0v) is 9.87. The first-order valence-electron chi connectivity index (χ1n) is 4.92. The van der Waals surface area contributed by atoms with Crippen LogP contribution < -0.4 is 5.32 Å². The molecular formula is C10H15ClN2S. The van der Waals surface area contributed by atoms with Crippen LogP contribution in [0, 0.1) is 0 Å². The maximum Gasteiger partial charge on any atom is 0.0516 e. The molecule has 1 aliphatic rings. The van der Waals surface area contributed by atoms with Gasteiger partial charge in [0.15, 0.2) is 0 Å². The van der Waals surface area contributed by atoms with Gasteiger partial charge in [0.2, 0.25) is 0 Å². The van der Waals surface area contributed by atoms with Gasteiger partial charge >= 0.3 is 0 Å². The highest BCUT2D eigenvalue weighted by Gasteiger charge is 2.15. The highest BCUT2D eigenvalue weighted by molar-refractivity contribution is 7.10. The molecule has 0 saturated carbocycles. The third-order valence-electron chi connectivity index (χ3n) is 2.45. The van der Waals surface area contributed by atoms with Gasteiger partial charge in [0, 0.05) is 42.5 Å². The van der Waals surface area contributed by atoms with Crippen LogP contribution in [0.5, 0.6) is 0 Å². The van der Waals surface area contributed by atoms with Crippen molar-refractivity contribution >= 4 is 22.9 Å². The van der Waals surface area contributed by atoms with Gasteiger partial charge in [-0.2, -0.15) is 0 Å². The van der Waals surface area contributed by atoms with Crippen molar-refractivity contribution in [3.63, 3.8) is 0 Å². The number of piperazine rings is 1. The summed E-state index contributed by atoms with van der Waals surface area (Å²) in [5.41, 5.74) is 0. The van der Waals surface area contributed by atoms with Crippen molar-refractivity contribution in [1.29, 1.82) is 0 Å². The number of hydrogen-bond acceptors (Lipinski definition) is 3. The van der Waals surface area contributed by atoms with Crippen LogP contribution in [-0.2, 0) is 6.54 Å². The van der Waals surface area contributed by atoms with E-state index >= 15 is 0 Å². The van der Waals surface area contributed by atoms with Crippen molar-refractivity contribution in [2.24, 2.45) is 0 Å². The minimum Gasteiger partial charge on any atom is -0.312 e. The van der Waals surface area contributed by atoms with Crippen molar-refractivity contribution < 1.29 is 0 Å². The third-order valence-corrected chi connectivity index (χ3v) is 3.72. The van der Waals surface area contributed by atoms with Crippen LogP contribution in [0.15, 0.2) is 11.4 Å². The Balaban J connectivity index is 1.90. The summed E-state index contributed by atoms with van der Waals surface area (Å²) in [6.45, 7) is 6.65. The molecule has 2 heterocycles. The molecule has 0 spiro atoms. The number of hydrogen-bond donors (Lipinski definition) is 1. The smallest absolute Gasteiger partial charge is 0.0516 e. The molecular weight excluding hydrogens is 216 g/mol. The summed E-state index contributed by atoms with van der Waals surface area (Å²) in [6.07, 6.45) is 0. The zero-order valence-electron chi connectivity index (χ0n) is 8.29. The van der Waals surface area contributed by atoms with Crippen LogP contribution in [0.4, 0.5) is 0 Å². The molecule has 1 aromatic heterocycles. The standard InChI is InChI=1S/C10H15ClN2S/c1-8-5-13(3-2-12-8)6-10-4-9(11)7-14-10/h4,7-8,12H,2-3,5-6H2,1H3/t8-/m1/s1. The Morgan fingerprint density at radius 3 is 3.21 bits per heavy atom. The monoisotopic (exact) mass is 230 g/mol. The van der Waals surface area contributed by atoms with Crippen molar-refractivity contribution in [3.05, 3.63) is 21.3 Å². The Morgan fingerprint density at radius 1 is 1.71 bits per heavy atom. The predicted octanol–water partition coefficient (Wildman–Crippen LogP) is 2.20. The molecule has 14 heavy (non-hydrogen) atoms. The Hall–Kier alpha value is -0.0900. The molecule has 0 unspecified atom stereocenters. The number of rotatable bonds is 2. The normalized spacial score (nSPS) is 24.0. The average Bonchev–Trinajstić information content (AvgIpc) is 2.51. The maximum atomic E-state index is 5.89. The number of nitrogens with one attached hydrogen (secondary N) is 1.